The third kappa shape index (κ3) is 2.62. The number of fused-ring (bicyclic) bond motifs is 1. The Balaban J connectivity index is 1.87. The standard InChI is InChI=1S/C16H19N3O2/c1-19(16(20)12-6-13(7-17)21-10-12)15-9-18-8-11-4-2-3-5-14(11)15/h2-5,8-9,12-13H,6-7,10,17H2,1H3. The third-order valence-electron chi connectivity index (χ3n) is 4.03. The fraction of sp³-hybridized carbons (Fsp3) is 0.375. The lowest BCUT2D eigenvalue weighted by molar-refractivity contribution is -0.122. The first-order valence-electron chi connectivity index (χ1n) is 7.12. The van der Waals surface area contributed by atoms with E-state index in [1.54, 1.807) is 24.3 Å². The van der Waals surface area contributed by atoms with E-state index in [1.165, 1.54) is 0 Å². The summed E-state index contributed by atoms with van der Waals surface area (Å²) >= 11 is 0. The average Bonchev–Trinajstić information content (AvgIpc) is 3.02. The molecule has 1 fully saturated rings. The monoisotopic (exact) mass is 285 g/mol. The summed E-state index contributed by atoms with van der Waals surface area (Å²) < 4.78 is 5.52. The molecule has 2 unspecified atom stereocenters. The molecule has 1 aromatic heterocycles. The summed E-state index contributed by atoms with van der Waals surface area (Å²) in [4.78, 5) is 18.5. The topological polar surface area (TPSA) is 68.5 Å². The maximum atomic E-state index is 12.6. The van der Waals surface area contributed by atoms with Crippen LogP contribution < -0.4 is 10.6 Å². The quantitative estimate of drug-likeness (QED) is 0.929. The van der Waals surface area contributed by atoms with Crippen molar-refractivity contribution in [3.63, 3.8) is 0 Å². The first-order chi connectivity index (χ1) is 10.2. The van der Waals surface area contributed by atoms with Crippen LogP contribution >= 0.6 is 0 Å². The number of benzene rings is 1. The van der Waals surface area contributed by atoms with E-state index >= 15 is 0 Å². The Labute approximate surface area is 123 Å². The molecular formula is C16H19N3O2. The molecular weight excluding hydrogens is 266 g/mol. The van der Waals surface area contributed by atoms with Crippen molar-refractivity contribution >= 4 is 22.4 Å². The molecule has 0 saturated carbocycles. The molecule has 1 aromatic carbocycles. The number of amides is 1. The minimum Gasteiger partial charge on any atom is -0.376 e. The van der Waals surface area contributed by atoms with Crippen LogP contribution in [0.5, 0.6) is 0 Å². The maximum Gasteiger partial charge on any atom is 0.232 e. The van der Waals surface area contributed by atoms with Crippen LogP contribution in [0, 0.1) is 5.92 Å². The van der Waals surface area contributed by atoms with Gasteiger partial charge in [-0.3, -0.25) is 9.78 Å². The molecule has 0 radical (unpaired) electrons. The van der Waals surface area contributed by atoms with E-state index in [4.69, 9.17) is 10.5 Å². The van der Waals surface area contributed by atoms with Crippen LogP contribution in [0.3, 0.4) is 0 Å². The van der Waals surface area contributed by atoms with Crippen molar-refractivity contribution in [2.45, 2.75) is 12.5 Å². The predicted molar refractivity (Wildman–Crippen MR) is 82.1 cm³/mol. The smallest absolute Gasteiger partial charge is 0.232 e. The normalized spacial score (nSPS) is 21.6. The summed E-state index contributed by atoms with van der Waals surface area (Å²) in [5.74, 6) is -0.0633. The molecule has 2 N–H and O–H groups in total. The Bertz CT molecular complexity index is 654. The van der Waals surface area contributed by atoms with Crippen molar-refractivity contribution in [1.29, 1.82) is 0 Å². The Hall–Kier alpha value is -1.98. The second kappa shape index (κ2) is 5.79. The molecule has 110 valence electrons. The first-order valence-corrected chi connectivity index (χ1v) is 7.12. The molecule has 1 amide bonds. The number of nitrogens with zero attached hydrogens (tertiary/aromatic N) is 2. The Kier molecular flexibility index (Phi) is 3.86. The number of carbonyl (C=O) groups excluding carboxylic acids is 1. The van der Waals surface area contributed by atoms with Crippen LogP contribution in [-0.4, -0.2) is 37.2 Å². The van der Waals surface area contributed by atoms with E-state index < -0.39 is 0 Å². The molecule has 5 nitrogen and oxygen atoms in total. The summed E-state index contributed by atoms with van der Waals surface area (Å²) in [6.07, 6.45) is 4.23. The zero-order valence-corrected chi connectivity index (χ0v) is 12.0. The fourth-order valence-electron chi connectivity index (χ4n) is 2.80. The number of carbonyl (C=O) groups is 1. The van der Waals surface area contributed by atoms with Gasteiger partial charge in [0, 0.05) is 30.6 Å². The molecule has 2 atom stereocenters. The van der Waals surface area contributed by atoms with Crippen molar-refractivity contribution in [2.24, 2.45) is 11.7 Å². The van der Waals surface area contributed by atoms with Gasteiger partial charge in [-0.15, -0.1) is 0 Å². The third-order valence-corrected chi connectivity index (χ3v) is 4.03. The summed E-state index contributed by atoms with van der Waals surface area (Å²) in [7, 11) is 1.79. The molecule has 2 heterocycles. The van der Waals surface area contributed by atoms with E-state index in [1.807, 2.05) is 24.3 Å². The molecule has 5 heteroatoms. The zero-order chi connectivity index (χ0) is 14.8. The van der Waals surface area contributed by atoms with Crippen molar-refractivity contribution in [3.8, 4) is 0 Å². The predicted octanol–water partition coefficient (Wildman–Crippen LogP) is 1.56. The van der Waals surface area contributed by atoms with Gasteiger partial charge in [0.2, 0.25) is 5.91 Å². The van der Waals surface area contributed by atoms with E-state index in [-0.39, 0.29) is 17.9 Å². The van der Waals surface area contributed by atoms with Crippen LogP contribution in [0.15, 0.2) is 36.7 Å². The second-order valence-corrected chi connectivity index (χ2v) is 5.40. The van der Waals surface area contributed by atoms with Crippen LogP contribution in [0.4, 0.5) is 5.69 Å². The number of anilines is 1. The lowest BCUT2D eigenvalue weighted by Crippen LogP contribution is -2.33. The van der Waals surface area contributed by atoms with Gasteiger partial charge in [-0.2, -0.15) is 0 Å². The highest BCUT2D eigenvalue weighted by Crippen LogP contribution is 2.28. The van der Waals surface area contributed by atoms with Gasteiger partial charge in [0.25, 0.3) is 0 Å². The van der Waals surface area contributed by atoms with Crippen molar-refractivity contribution in [1.82, 2.24) is 4.98 Å². The van der Waals surface area contributed by atoms with Gasteiger partial charge in [-0.05, 0) is 6.42 Å². The van der Waals surface area contributed by atoms with E-state index in [2.05, 4.69) is 4.98 Å². The minimum atomic E-state index is -0.123. The molecule has 3 rings (SSSR count). The Morgan fingerprint density at radius 1 is 1.43 bits per heavy atom. The zero-order valence-electron chi connectivity index (χ0n) is 12.0. The summed E-state index contributed by atoms with van der Waals surface area (Å²) in [5.41, 5.74) is 6.43. The van der Waals surface area contributed by atoms with Crippen molar-refractivity contribution in [2.75, 3.05) is 25.1 Å². The largest absolute Gasteiger partial charge is 0.376 e. The molecule has 21 heavy (non-hydrogen) atoms. The summed E-state index contributed by atoms with van der Waals surface area (Å²) in [5, 5.41) is 2.05. The van der Waals surface area contributed by atoms with Crippen LogP contribution in [0.2, 0.25) is 0 Å². The van der Waals surface area contributed by atoms with Crippen LogP contribution in [0.25, 0.3) is 10.8 Å². The highest BCUT2D eigenvalue weighted by atomic mass is 16.5. The fourth-order valence-corrected chi connectivity index (χ4v) is 2.80. The number of aromatic nitrogens is 1. The number of hydrogen-bond donors (Lipinski definition) is 1. The van der Waals surface area contributed by atoms with Gasteiger partial charge in [-0.1, -0.05) is 24.3 Å². The average molecular weight is 285 g/mol. The van der Waals surface area contributed by atoms with E-state index in [0.29, 0.717) is 19.6 Å². The van der Waals surface area contributed by atoms with Gasteiger partial charge >= 0.3 is 0 Å². The maximum absolute atomic E-state index is 12.6. The van der Waals surface area contributed by atoms with E-state index in [0.717, 1.165) is 16.5 Å². The number of nitrogens with two attached hydrogens (primary N) is 1. The number of hydrogen-bond acceptors (Lipinski definition) is 4. The molecule has 1 aliphatic heterocycles. The Morgan fingerprint density at radius 3 is 3.00 bits per heavy atom. The lowest BCUT2D eigenvalue weighted by atomic mass is 10.0. The molecule has 2 aromatic rings. The SMILES string of the molecule is CN(C(=O)C1COC(CN)C1)c1cncc2ccccc12. The lowest BCUT2D eigenvalue weighted by Gasteiger charge is -2.21. The van der Waals surface area contributed by atoms with Gasteiger partial charge in [0.1, 0.15) is 0 Å². The van der Waals surface area contributed by atoms with Gasteiger partial charge < -0.3 is 15.4 Å². The molecule has 0 aliphatic carbocycles. The summed E-state index contributed by atoms with van der Waals surface area (Å²) in [6.45, 7) is 0.909. The van der Waals surface area contributed by atoms with Gasteiger partial charge in [0.05, 0.1) is 30.5 Å². The number of rotatable bonds is 3. The van der Waals surface area contributed by atoms with Gasteiger partial charge in [-0.25, -0.2) is 0 Å². The molecule has 1 aliphatic rings. The Morgan fingerprint density at radius 2 is 2.24 bits per heavy atom. The molecule has 0 bridgehead atoms. The summed E-state index contributed by atoms with van der Waals surface area (Å²) in [6, 6.07) is 7.93. The van der Waals surface area contributed by atoms with Crippen LogP contribution in [-0.2, 0) is 9.53 Å². The van der Waals surface area contributed by atoms with Crippen molar-refractivity contribution in [3.05, 3.63) is 36.7 Å². The van der Waals surface area contributed by atoms with Crippen LogP contribution in [0.1, 0.15) is 6.42 Å². The minimum absolute atomic E-state index is 0.00186. The number of pyridine rings is 1. The molecule has 0 spiro atoms. The molecule has 1 saturated heterocycles. The number of ether oxygens (including phenoxy) is 1. The second-order valence-electron chi connectivity index (χ2n) is 5.40. The van der Waals surface area contributed by atoms with E-state index in [9.17, 15) is 4.79 Å². The highest BCUT2D eigenvalue weighted by Gasteiger charge is 2.32. The van der Waals surface area contributed by atoms with Gasteiger partial charge in [0.15, 0.2) is 0 Å². The van der Waals surface area contributed by atoms with Crippen molar-refractivity contribution < 1.29 is 9.53 Å². The first kappa shape index (κ1) is 14.0. The highest BCUT2D eigenvalue weighted by molar-refractivity contribution is 6.03.